The van der Waals surface area contributed by atoms with E-state index in [0.717, 1.165) is 12.0 Å². The average molecular weight is 279 g/mol. The largest absolute Gasteiger partial charge is 0.289 e. The van der Waals surface area contributed by atoms with Crippen molar-refractivity contribution in [3.8, 4) is 0 Å². The normalized spacial score (nSPS) is 10.4. The molecule has 0 bridgehead atoms. The van der Waals surface area contributed by atoms with Crippen LogP contribution >= 0.6 is 23.2 Å². The molecule has 2 aromatic carbocycles. The molecule has 1 nitrogen and oxygen atoms in total. The highest BCUT2D eigenvalue weighted by Crippen LogP contribution is 2.27. The van der Waals surface area contributed by atoms with E-state index in [1.807, 2.05) is 18.2 Å². The zero-order chi connectivity index (χ0) is 13.1. The third-order valence-corrected chi connectivity index (χ3v) is 3.61. The molecule has 0 unspecified atom stereocenters. The van der Waals surface area contributed by atoms with Crippen LogP contribution in [0.1, 0.15) is 28.4 Å². The van der Waals surface area contributed by atoms with E-state index in [1.165, 1.54) is 0 Å². The van der Waals surface area contributed by atoms with E-state index >= 15 is 0 Å². The van der Waals surface area contributed by atoms with Gasteiger partial charge in [0.15, 0.2) is 5.78 Å². The van der Waals surface area contributed by atoms with Crippen molar-refractivity contribution >= 4 is 29.0 Å². The standard InChI is InChI=1S/C15H12Cl2O/c1-2-10-5-3-6-11(9-10)15(18)12-7-4-8-13(16)14(12)17/h3-9H,2H2,1H3. The second kappa shape index (κ2) is 5.55. The number of benzene rings is 2. The highest BCUT2D eigenvalue weighted by molar-refractivity contribution is 6.44. The minimum absolute atomic E-state index is 0.0993. The highest BCUT2D eigenvalue weighted by atomic mass is 35.5. The van der Waals surface area contributed by atoms with Crippen LogP contribution in [0.25, 0.3) is 0 Å². The minimum atomic E-state index is -0.0993. The number of carbonyl (C=O) groups excluding carboxylic acids is 1. The molecule has 0 saturated carbocycles. The minimum Gasteiger partial charge on any atom is -0.289 e. The third-order valence-electron chi connectivity index (χ3n) is 2.79. The molecule has 0 atom stereocenters. The quantitative estimate of drug-likeness (QED) is 0.738. The summed E-state index contributed by atoms with van der Waals surface area (Å²) in [7, 11) is 0. The average Bonchev–Trinajstić information content (AvgIpc) is 2.41. The molecule has 0 aliphatic rings. The first-order valence-electron chi connectivity index (χ1n) is 5.71. The molecule has 3 heteroatoms. The van der Waals surface area contributed by atoms with Crippen LogP contribution in [0.3, 0.4) is 0 Å². The van der Waals surface area contributed by atoms with E-state index in [4.69, 9.17) is 23.2 Å². The predicted molar refractivity (Wildman–Crippen MR) is 75.7 cm³/mol. The van der Waals surface area contributed by atoms with Crippen LogP contribution in [-0.2, 0) is 6.42 Å². The van der Waals surface area contributed by atoms with E-state index in [2.05, 4.69) is 6.92 Å². The first kappa shape index (κ1) is 13.1. The second-order valence-electron chi connectivity index (χ2n) is 3.98. The van der Waals surface area contributed by atoms with Gasteiger partial charge < -0.3 is 0 Å². The van der Waals surface area contributed by atoms with Crippen molar-refractivity contribution in [3.05, 3.63) is 69.2 Å². The summed E-state index contributed by atoms with van der Waals surface area (Å²) in [6, 6.07) is 12.6. The number of hydrogen-bond donors (Lipinski definition) is 0. The monoisotopic (exact) mass is 278 g/mol. The molecular weight excluding hydrogens is 267 g/mol. The molecule has 2 rings (SSSR count). The summed E-state index contributed by atoms with van der Waals surface area (Å²) in [5.74, 6) is -0.0993. The van der Waals surface area contributed by atoms with Crippen molar-refractivity contribution in [3.63, 3.8) is 0 Å². The molecule has 18 heavy (non-hydrogen) atoms. The highest BCUT2D eigenvalue weighted by Gasteiger charge is 2.14. The summed E-state index contributed by atoms with van der Waals surface area (Å²) in [5, 5.41) is 0.709. The molecule has 2 aromatic rings. The van der Waals surface area contributed by atoms with Crippen LogP contribution in [0.15, 0.2) is 42.5 Å². The molecule has 0 aliphatic heterocycles. The number of halogens is 2. The van der Waals surface area contributed by atoms with Gasteiger partial charge in [-0.2, -0.15) is 0 Å². The Kier molecular flexibility index (Phi) is 4.05. The van der Waals surface area contributed by atoms with Crippen LogP contribution in [0.4, 0.5) is 0 Å². The fraction of sp³-hybridized carbons (Fsp3) is 0.133. The first-order chi connectivity index (χ1) is 8.63. The van der Waals surface area contributed by atoms with Gasteiger partial charge in [0.05, 0.1) is 10.0 Å². The number of carbonyl (C=O) groups is 1. The van der Waals surface area contributed by atoms with E-state index in [1.54, 1.807) is 24.3 Å². The summed E-state index contributed by atoms with van der Waals surface area (Å²) < 4.78 is 0. The van der Waals surface area contributed by atoms with E-state index in [9.17, 15) is 4.79 Å². The Morgan fingerprint density at radius 1 is 1.11 bits per heavy atom. The van der Waals surface area contributed by atoms with Crippen LogP contribution in [0, 0.1) is 0 Å². The lowest BCUT2D eigenvalue weighted by atomic mass is 10.0. The predicted octanol–water partition coefficient (Wildman–Crippen LogP) is 4.79. The topological polar surface area (TPSA) is 17.1 Å². The number of rotatable bonds is 3. The van der Waals surface area contributed by atoms with E-state index in [0.29, 0.717) is 21.2 Å². The van der Waals surface area contributed by atoms with Gasteiger partial charge in [0, 0.05) is 11.1 Å². The zero-order valence-electron chi connectivity index (χ0n) is 9.91. The van der Waals surface area contributed by atoms with Crippen LogP contribution < -0.4 is 0 Å². The van der Waals surface area contributed by atoms with Gasteiger partial charge >= 0.3 is 0 Å². The van der Waals surface area contributed by atoms with Gasteiger partial charge in [0.1, 0.15) is 0 Å². The summed E-state index contributed by atoms with van der Waals surface area (Å²) in [4.78, 5) is 12.3. The molecule has 0 amide bonds. The molecule has 0 aliphatic carbocycles. The lowest BCUT2D eigenvalue weighted by Gasteiger charge is -2.06. The van der Waals surface area contributed by atoms with Crippen LogP contribution in [-0.4, -0.2) is 5.78 Å². The Morgan fingerprint density at radius 2 is 1.83 bits per heavy atom. The molecule has 0 saturated heterocycles. The van der Waals surface area contributed by atoms with Gasteiger partial charge in [-0.05, 0) is 30.2 Å². The molecule has 0 heterocycles. The van der Waals surface area contributed by atoms with Crippen molar-refractivity contribution in [2.75, 3.05) is 0 Å². The molecule has 0 N–H and O–H groups in total. The summed E-state index contributed by atoms with van der Waals surface area (Å²) in [5.41, 5.74) is 2.20. The molecule has 0 spiro atoms. The Morgan fingerprint density at radius 3 is 2.56 bits per heavy atom. The third kappa shape index (κ3) is 2.58. The second-order valence-corrected chi connectivity index (χ2v) is 4.77. The lowest BCUT2D eigenvalue weighted by Crippen LogP contribution is -2.03. The van der Waals surface area contributed by atoms with Gasteiger partial charge in [-0.25, -0.2) is 0 Å². The van der Waals surface area contributed by atoms with Crippen molar-refractivity contribution in [2.45, 2.75) is 13.3 Å². The van der Waals surface area contributed by atoms with Gasteiger partial charge in [0.25, 0.3) is 0 Å². The SMILES string of the molecule is CCc1cccc(C(=O)c2cccc(Cl)c2Cl)c1. The summed E-state index contributed by atoms with van der Waals surface area (Å²) >= 11 is 12.0. The van der Waals surface area contributed by atoms with Gasteiger partial charge in [-0.3, -0.25) is 4.79 Å². The molecule has 0 radical (unpaired) electrons. The number of ketones is 1. The van der Waals surface area contributed by atoms with Crippen molar-refractivity contribution in [1.82, 2.24) is 0 Å². The van der Waals surface area contributed by atoms with E-state index in [-0.39, 0.29) is 5.78 Å². The summed E-state index contributed by atoms with van der Waals surface area (Å²) in [6.07, 6.45) is 0.893. The van der Waals surface area contributed by atoms with Crippen molar-refractivity contribution in [1.29, 1.82) is 0 Å². The van der Waals surface area contributed by atoms with Crippen molar-refractivity contribution in [2.24, 2.45) is 0 Å². The number of hydrogen-bond acceptors (Lipinski definition) is 1. The lowest BCUT2D eigenvalue weighted by molar-refractivity contribution is 0.103. The van der Waals surface area contributed by atoms with Crippen molar-refractivity contribution < 1.29 is 4.79 Å². The Labute approximate surface area is 116 Å². The van der Waals surface area contributed by atoms with Gasteiger partial charge in [0.2, 0.25) is 0 Å². The fourth-order valence-electron chi connectivity index (χ4n) is 1.77. The molecule has 0 aromatic heterocycles. The zero-order valence-corrected chi connectivity index (χ0v) is 11.4. The smallest absolute Gasteiger partial charge is 0.194 e. The molecule has 0 fully saturated rings. The van der Waals surface area contributed by atoms with Gasteiger partial charge in [-0.1, -0.05) is 54.4 Å². The first-order valence-corrected chi connectivity index (χ1v) is 6.46. The Hall–Kier alpha value is -1.31. The summed E-state index contributed by atoms with van der Waals surface area (Å²) in [6.45, 7) is 2.05. The Balaban J connectivity index is 2.44. The maximum Gasteiger partial charge on any atom is 0.194 e. The maximum absolute atomic E-state index is 12.3. The van der Waals surface area contributed by atoms with E-state index < -0.39 is 0 Å². The van der Waals surface area contributed by atoms with Gasteiger partial charge in [-0.15, -0.1) is 0 Å². The number of aryl methyl sites for hydroxylation is 1. The van der Waals surface area contributed by atoms with Crippen LogP contribution in [0.2, 0.25) is 10.0 Å². The fourth-order valence-corrected chi connectivity index (χ4v) is 2.15. The molecular formula is C15H12Cl2O. The molecule has 92 valence electrons. The Bertz CT molecular complexity index is 591. The van der Waals surface area contributed by atoms with Crippen LogP contribution in [0.5, 0.6) is 0 Å². The maximum atomic E-state index is 12.3.